The van der Waals surface area contributed by atoms with Gasteiger partial charge < -0.3 is 14.2 Å². The molecule has 0 saturated heterocycles. The summed E-state index contributed by atoms with van der Waals surface area (Å²) < 4.78 is 45.7. The number of nitrogens with zero attached hydrogens (tertiary/aromatic N) is 4. The zero-order valence-corrected chi connectivity index (χ0v) is 18.1. The highest BCUT2D eigenvalue weighted by Crippen LogP contribution is 2.31. The van der Waals surface area contributed by atoms with Crippen LogP contribution in [-0.2, 0) is 19.8 Å². The first-order chi connectivity index (χ1) is 15.0. The van der Waals surface area contributed by atoms with Gasteiger partial charge in [0.2, 0.25) is 0 Å². The molecular weight excluding hydrogens is 421 g/mol. The van der Waals surface area contributed by atoms with Crippen LogP contribution in [-0.4, -0.2) is 38.5 Å². The number of imidazole rings is 1. The number of aromatic nitrogens is 3. The average Bonchev–Trinajstić information content (AvgIpc) is 3.17. The quantitative estimate of drug-likeness (QED) is 0.508. The van der Waals surface area contributed by atoms with Crippen molar-refractivity contribution < 1.29 is 22.7 Å². The van der Waals surface area contributed by atoms with Crippen molar-refractivity contribution in [2.45, 2.75) is 26.6 Å². The molecule has 2 heterocycles. The van der Waals surface area contributed by atoms with Crippen molar-refractivity contribution >= 4 is 5.91 Å². The molecule has 0 atom stereocenters. The van der Waals surface area contributed by atoms with Crippen molar-refractivity contribution in [1.29, 1.82) is 0 Å². The Morgan fingerprint density at radius 1 is 1.09 bits per heavy atom. The summed E-state index contributed by atoms with van der Waals surface area (Å²) in [4.78, 5) is 23.1. The number of benzene rings is 1. The van der Waals surface area contributed by atoms with E-state index in [1.54, 1.807) is 41.3 Å². The van der Waals surface area contributed by atoms with Gasteiger partial charge >= 0.3 is 6.18 Å². The summed E-state index contributed by atoms with van der Waals surface area (Å²) in [6.45, 7) is 4.78. The number of rotatable bonds is 8. The number of hydrogen-bond donors (Lipinski definition) is 0. The molecule has 0 aliphatic carbocycles. The maximum Gasteiger partial charge on any atom is 0.416 e. The lowest BCUT2D eigenvalue weighted by Crippen LogP contribution is -2.41. The maximum absolute atomic E-state index is 13.2. The number of pyridine rings is 1. The summed E-state index contributed by atoms with van der Waals surface area (Å²) in [6, 6.07) is 8.27. The van der Waals surface area contributed by atoms with E-state index in [4.69, 9.17) is 4.74 Å². The Labute approximate surface area is 184 Å². The molecule has 1 aromatic carbocycles. The van der Waals surface area contributed by atoms with Crippen LogP contribution in [0.15, 0.2) is 61.3 Å². The first kappa shape index (κ1) is 23.3. The van der Waals surface area contributed by atoms with Gasteiger partial charge in [-0.15, -0.1) is 0 Å². The van der Waals surface area contributed by atoms with Crippen LogP contribution >= 0.6 is 0 Å². The molecule has 1 amide bonds. The van der Waals surface area contributed by atoms with Crippen molar-refractivity contribution in [1.82, 2.24) is 19.4 Å². The molecule has 9 heteroatoms. The van der Waals surface area contributed by atoms with E-state index in [0.29, 0.717) is 24.5 Å². The number of ether oxygens (including phenoxy) is 1. The van der Waals surface area contributed by atoms with E-state index in [1.165, 1.54) is 18.3 Å². The van der Waals surface area contributed by atoms with Crippen LogP contribution in [0.1, 0.15) is 35.5 Å². The number of amides is 1. The third-order valence-corrected chi connectivity index (χ3v) is 4.85. The molecule has 0 saturated carbocycles. The Balaban J connectivity index is 1.72. The van der Waals surface area contributed by atoms with Gasteiger partial charge in [0, 0.05) is 37.9 Å². The van der Waals surface area contributed by atoms with Crippen molar-refractivity contribution in [2.75, 3.05) is 13.2 Å². The molecule has 3 aromatic rings. The first-order valence-corrected chi connectivity index (χ1v) is 10.00. The van der Waals surface area contributed by atoms with Gasteiger partial charge in [-0.25, -0.2) is 4.98 Å². The van der Waals surface area contributed by atoms with Gasteiger partial charge in [0.25, 0.3) is 5.91 Å². The van der Waals surface area contributed by atoms with Crippen LogP contribution in [0, 0.1) is 5.41 Å². The van der Waals surface area contributed by atoms with Crippen LogP contribution in [0.5, 0.6) is 5.75 Å². The summed E-state index contributed by atoms with van der Waals surface area (Å²) in [5.41, 5.74) is 0.114. The fourth-order valence-corrected chi connectivity index (χ4v) is 3.22. The van der Waals surface area contributed by atoms with E-state index in [-0.39, 0.29) is 12.5 Å². The number of carbonyl (C=O) groups excluding carboxylic acids is 1. The molecule has 3 rings (SSSR count). The average molecular weight is 446 g/mol. The summed E-state index contributed by atoms with van der Waals surface area (Å²) in [5, 5.41) is 0. The summed E-state index contributed by atoms with van der Waals surface area (Å²) in [6.07, 6.45) is 2.06. The highest BCUT2D eigenvalue weighted by molar-refractivity contribution is 5.92. The molecule has 6 nitrogen and oxygen atoms in total. The largest absolute Gasteiger partial charge is 0.493 e. The van der Waals surface area contributed by atoms with Crippen molar-refractivity contribution in [3.05, 3.63) is 78.1 Å². The van der Waals surface area contributed by atoms with Crippen molar-refractivity contribution in [3.63, 3.8) is 0 Å². The van der Waals surface area contributed by atoms with Gasteiger partial charge in [-0.1, -0.05) is 19.9 Å². The molecule has 0 radical (unpaired) electrons. The van der Waals surface area contributed by atoms with Crippen LogP contribution < -0.4 is 4.74 Å². The van der Waals surface area contributed by atoms with Gasteiger partial charge in [0.1, 0.15) is 11.4 Å². The second-order valence-corrected chi connectivity index (χ2v) is 8.39. The Bertz CT molecular complexity index is 1030. The fourth-order valence-electron chi connectivity index (χ4n) is 3.22. The maximum atomic E-state index is 13.2. The molecule has 32 heavy (non-hydrogen) atoms. The molecule has 0 unspecified atom stereocenters. The van der Waals surface area contributed by atoms with E-state index in [2.05, 4.69) is 9.97 Å². The molecule has 170 valence electrons. The summed E-state index contributed by atoms with van der Waals surface area (Å²) in [5.74, 6) is 0.152. The van der Waals surface area contributed by atoms with E-state index in [0.717, 1.165) is 17.7 Å². The molecule has 0 aliphatic heterocycles. The predicted octanol–water partition coefficient (Wildman–Crippen LogP) is 4.58. The van der Waals surface area contributed by atoms with E-state index < -0.39 is 17.2 Å². The number of hydrogen-bond acceptors (Lipinski definition) is 4. The molecular formula is C23H25F3N4O2. The number of carbonyl (C=O) groups is 1. The standard InChI is InChI=1S/C23H25F3N4O2/c1-22(2,15-32-19-8-6-18(7-9-19)23(24,25)26)14-30(13-17-5-4-10-27-11-17)21(31)20-12-28-16-29(20)3/h4-12,16H,13-15H2,1-3H3. The zero-order valence-electron chi connectivity index (χ0n) is 18.1. The van der Waals surface area contributed by atoms with E-state index in [9.17, 15) is 18.0 Å². The Hall–Kier alpha value is -3.36. The van der Waals surface area contributed by atoms with E-state index in [1.807, 2.05) is 19.9 Å². The Kier molecular flexibility index (Phi) is 6.86. The molecule has 0 bridgehead atoms. The first-order valence-electron chi connectivity index (χ1n) is 10.00. The topological polar surface area (TPSA) is 60.2 Å². The van der Waals surface area contributed by atoms with Crippen LogP contribution in [0.4, 0.5) is 13.2 Å². The minimum atomic E-state index is -4.39. The monoisotopic (exact) mass is 446 g/mol. The molecule has 0 aliphatic rings. The lowest BCUT2D eigenvalue weighted by atomic mass is 9.93. The minimum absolute atomic E-state index is 0.184. The second kappa shape index (κ2) is 9.42. The SMILES string of the molecule is Cn1cncc1C(=O)N(Cc1cccnc1)CC(C)(C)COc1ccc(C(F)(F)F)cc1. The molecule has 2 aromatic heterocycles. The van der Waals surface area contributed by atoms with Crippen molar-refractivity contribution in [3.8, 4) is 5.75 Å². The number of halogens is 3. The van der Waals surface area contributed by atoms with Crippen molar-refractivity contribution in [2.24, 2.45) is 12.5 Å². The number of alkyl halides is 3. The molecule has 0 fully saturated rings. The van der Waals surface area contributed by atoms with Gasteiger partial charge in [-0.2, -0.15) is 13.2 Å². The minimum Gasteiger partial charge on any atom is -0.493 e. The fraction of sp³-hybridized carbons (Fsp3) is 0.348. The lowest BCUT2D eigenvalue weighted by molar-refractivity contribution is -0.137. The van der Waals surface area contributed by atoms with E-state index >= 15 is 0 Å². The van der Waals surface area contributed by atoms with Crippen LogP contribution in [0.25, 0.3) is 0 Å². The predicted molar refractivity (Wildman–Crippen MR) is 113 cm³/mol. The van der Waals surface area contributed by atoms with Gasteiger partial charge in [-0.05, 0) is 35.9 Å². The smallest absolute Gasteiger partial charge is 0.416 e. The summed E-state index contributed by atoms with van der Waals surface area (Å²) in [7, 11) is 1.75. The third-order valence-electron chi connectivity index (χ3n) is 4.85. The highest BCUT2D eigenvalue weighted by atomic mass is 19.4. The number of aryl methyl sites for hydroxylation is 1. The van der Waals surface area contributed by atoms with Crippen LogP contribution in [0.2, 0.25) is 0 Å². The van der Waals surface area contributed by atoms with Gasteiger partial charge in [0.05, 0.1) is 24.7 Å². The third kappa shape index (κ3) is 6.09. The highest BCUT2D eigenvalue weighted by Gasteiger charge is 2.31. The van der Waals surface area contributed by atoms with Crippen LogP contribution in [0.3, 0.4) is 0 Å². The Morgan fingerprint density at radius 2 is 1.81 bits per heavy atom. The molecule has 0 N–H and O–H groups in total. The zero-order chi connectivity index (χ0) is 23.4. The Morgan fingerprint density at radius 3 is 2.38 bits per heavy atom. The molecule has 0 spiro atoms. The summed E-state index contributed by atoms with van der Waals surface area (Å²) >= 11 is 0. The normalized spacial score (nSPS) is 11.9. The second-order valence-electron chi connectivity index (χ2n) is 8.39. The lowest BCUT2D eigenvalue weighted by Gasteiger charge is -2.32. The van der Waals surface area contributed by atoms with Gasteiger partial charge in [0.15, 0.2) is 0 Å². The van der Waals surface area contributed by atoms with Gasteiger partial charge in [-0.3, -0.25) is 9.78 Å².